The summed E-state index contributed by atoms with van der Waals surface area (Å²) in [5.41, 5.74) is 1.50. The Morgan fingerprint density at radius 2 is 2.25 bits per heavy atom. The Kier molecular flexibility index (Phi) is 3.66. The molecule has 1 aromatic heterocycles. The predicted molar refractivity (Wildman–Crippen MR) is 67.8 cm³/mol. The van der Waals surface area contributed by atoms with Crippen LogP contribution in [0.25, 0.3) is 0 Å². The highest BCUT2D eigenvalue weighted by atomic mass is 32.2. The molecule has 2 rings (SSSR count). The van der Waals surface area contributed by atoms with Crippen molar-refractivity contribution in [1.29, 1.82) is 0 Å². The van der Waals surface area contributed by atoms with Gasteiger partial charge in [0.25, 0.3) is 0 Å². The lowest BCUT2D eigenvalue weighted by molar-refractivity contribution is 0.596. The van der Waals surface area contributed by atoms with Crippen molar-refractivity contribution in [1.82, 2.24) is 5.32 Å². The largest absolute Gasteiger partial charge is 0.311 e. The van der Waals surface area contributed by atoms with Gasteiger partial charge in [0.1, 0.15) is 9.84 Å². The molecular weight excluding hydrogens is 242 g/mol. The van der Waals surface area contributed by atoms with Gasteiger partial charge in [-0.3, -0.25) is 0 Å². The lowest BCUT2D eigenvalue weighted by atomic mass is 10.2. The fraction of sp³-hybridized carbons (Fsp3) is 0.636. The molecule has 0 fully saturated rings. The summed E-state index contributed by atoms with van der Waals surface area (Å²) in [6, 6.07) is 2.26. The Morgan fingerprint density at radius 1 is 1.44 bits per heavy atom. The zero-order valence-electron chi connectivity index (χ0n) is 9.45. The molecule has 90 valence electrons. The van der Waals surface area contributed by atoms with E-state index in [1.54, 1.807) is 0 Å². The summed E-state index contributed by atoms with van der Waals surface area (Å²) in [6.07, 6.45) is 5.01. The van der Waals surface area contributed by atoms with Gasteiger partial charge in [0.05, 0.1) is 5.75 Å². The second kappa shape index (κ2) is 4.85. The molecule has 1 aliphatic carbocycles. The van der Waals surface area contributed by atoms with Crippen molar-refractivity contribution >= 4 is 21.2 Å². The van der Waals surface area contributed by atoms with Crippen LogP contribution in [0, 0.1) is 0 Å². The first-order valence-corrected chi connectivity index (χ1v) is 8.41. The van der Waals surface area contributed by atoms with E-state index >= 15 is 0 Å². The van der Waals surface area contributed by atoms with Crippen LogP contribution in [0.2, 0.25) is 0 Å². The van der Waals surface area contributed by atoms with Gasteiger partial charge in [-0.2, -0.15) is 0 Å². The maximum Gasteiger partial charge on any atom is 0.148 e. The van der Waals surface area contributed by atoms with Crippen LogP contribution in [0.5, 0.6) is 0 Å². The van der Waals surface area contributed by atoms with E-state index < -0.39 is 9.84 Å². The van der Waals surface area contributed by atoms with E-state index in [1.165, 1.54) is 40.8 Å². The van der Waals surface area contributed by atoms with E-state index in [4.69, 9.17) is 0 Å². The van der Waals surface area contributed by atoms with Crippen molar-refractivity contribution in [3.8, 4) is 0 Å². The molecule has 0 amide bonds. The van der Waals surface area contributed by atoms with Crippen LogP contribution in [0.15, 0.2) is 6.07 Å². The molecule has 0 saturated heterocycles. The van der Waals surface area contributed by atoms with E-state index in [-0.39, 0.29) is 5.75 Å². The number of hydrogen-bond donors (Lipinski definition) is 1. The molecule has 0 unspecified atom stereocenters. The van der Waals surface area contributed by atoms with Gasteiger partial charge in [0, 0.05) is 29.1 Å². The van der Waals surface area contributed by atoms with Crippen molar-refractivity contribution in [3.05, 3.63) is 21.4 Å². The number of aryl methyl sites for hydroxylation is 2. The van der Waals surface area contributed by atoms with Crippen molar-refractivity contribution in [2.45, 2.75) is 25.8 Å². The van der Waals surface area contributed by atoms with E-state index in [0.717, 1.165) is 6.54 Å². The first kappa shape index (κ1) is 12.1. The molecule has 0 aromatic carbocycles. The van der Waals surface area contributed by atoms with Crippen LogP contribution < -0.4 is 5.32 Å². The second-order valence-electron chi connectivity index (χ2n) is 4.32. The van der Waals surface area contributed by atoms with Crippen molar-refractivity contribution < 1.29 is 8.42 Å². The quantitative estimate of drug-likeness (QED) is 0.812. The molecule has 1 N–H and O–H groups in total. The van der Waals surface area contributed by atoms with Gasteiger partial charge in [0.15, 0.2) is 0 Å². The number of nitrogens with one attached hydrogen (secondary N) is 1. The van der Waals surface area contributed by atoms with E-state index in [1.807, 2.05) is 11.3 Å². The van der Waals surface area contributed by atoms with Gasteiger partial charge in [-0.1, -0.05) is 0 Å². The van der Waals surface area contributed by atoms with Gasteiger partial charge >= 0.3 is 0 Å². The summed E-state index contributed by atoms with van der Waals surface area (Å²) in [4.78, 5) is 2.86. The minimum absolute atomic E-state index is 0.220. The third-order valence-electron chi connectivity index (χ3n) is 2.75. The topological polar surface area (TPSA) is 46.2 Å². The molecule has 3 nitrogen and oxygen atoms in total. The number of rotatable bonds is 5. The molecule has 1 heterocycles. The molecule has 0 spiro atoms. The highest BCUT2D eigenvalue weighted by Crippen LogP contribution is 2.30. The Hall–Kier alpha value is -0.390. The Morgan fingerprint density at radius 3 is 2.94 bits per heavy atom. The predicted octanol–water partition coefficient (Wildman–Crippen LogP) is 1.37. The van der Waals surface area contributed by atoms with Gasteiger partial charge in [-0.25, -0.2) is 8.42 Å². The fourth-order valence-electron chi connectivity index (χ4n) is 1.95. The zero-order chi connectivity index (χ0) is 11.6. The smallest absolute Gasteiger partial charge is 0.148 e. The Labute approximate surface area is 101 Å². The van der Waals surface area contributed by atoms with Gasteiger partial charge in [0.2, 0.25) is 0 Å². The Balaban J connectivity index is 1.78. The highest BCUT2D eigenvalue weighted by molar-refractivity contribution is 7.90. The summed E-state index contributed by atoms with van der Waals surface area (Å²) < 4.78 is 21.8. The monoisotopic (exact) mass is 259 g/mol. The molecule has 5 heteroatoms. The lowest BCUT2D eigenvalue weighted by Crippen LogP contribution is -2.21. The summed E-state index contributed by atoms with van der Waals surface area (Å²) in [7, 11) is -2.83. The van der Waals surface area contributed by atoms with E-state index in [9.17, 15) is 8.42 Å². The fourth-order valence-corrected chi connectivity index (χ4v) is 3.69. The minimum atomic E-state index is -2.83. The summed E-state index contributed by atoms with van der Waals surface area (Å²) in [6.45, 7) is 1.34. The number of sulfone groups is 1. The second-order valence-corrected chi connectivity index (χ2v) is 7.80. The van der Waals surface area contributed by atoms with Gasteiger partial charge in [-0.05, 0) is 30.9 Å². The molecule has 16 heavy (non-hydrogen) atoms. The SMILES string of the molecule is CS(=O)(=O)CCNCc1cc2c(s1)CCC2. The number of fused-ring (bicyclic) bond motifs is 1. The summed E-state index contributed by atoms with van der Waals surface area (Å²) >= 11 is 1.87. The average Bonchev–Trinajstić information content (AvgIpc) is 2.70. The van der Waals surface area contributed by atoms with E-state index in [0.29, 0.717) is 6.54 Å². The van der Waals surface area contributed by atoms with Crippen LogP contribution in [0.3, 0.4) is 0 Å². The third-order valence-corrected chi connectivity index (χ3v) is 4.93. The molecule has 0 radical (unpaired) electrons. The van der Waals surface area contributed by atoms with Crippen molar-refractivity contribution in [3.63, 3.8) is 0 Å². The molecule has 1 aliphatic rings. The standard InChI is InChI=1S/C11H17NO2S2/c1-16(13,14)6-5-12-8-10-7-9-3-2-4-11(9)15-10/h7,12H,2-6,8H2,1H3. The molecule has 0 aliphatic heterocycles. The van der Waals surface area contributed by atoms with Crippen molar-refractivity contribution in [2.75, 3.05) is 18.6 Å². The van der Waals surface area contributed by atoms with Gasteiger partial charge < -0.3 is 5.32 Å². The summed E-state index contributed by atoms with van der Waals surface area (Å²) in [5, 5.41) is 3.18. The molecule has 0 saturated carbocycles. The third kappa shape index (κ3) is 3.30. The van der Waals surface area contributed by atoms with Crippen LogP contribution in [0.4, 0.5) is 0 Å². The molecule has 1 aromatic rings. The molecule has 0 bridgehead atoms. The first-order chi connectivity index (χ1) is 7.54. The average molecular weight is 259 g/mol. The maximum atomic E-state index is 10.9. The molecule has 0 atom stereocenters. The van der Waals surface area contributed by atoms with Crippen LogP contribution in [-0.2, 0) is 29.2 Å². The number of hydrogen-bond acceptors (Lipinski definition) is 4. The van der Waals surface area contributed by atoms with Gasteiger partial charge in [-0.15, -0.1) is 11.3 Å². The number of thiophene rings is 1. The first-order valence-electron chi connectivity index (χ1n) is 5.53. The van der Waals surface area contributed by atoms with Crippen LogP contribution in [0.1, 0.15) is 21.7 Å². The van der Waals surface area contributed by atoms with Crippen molar-refractivity contribution in [2.24, 2.45) is 0 Å². The summed E-state index contributed by atoms with van der Waals surface area (Å²) in [5.74, 6) is 0.220. The molecular formula is C11H17NO2S2. The van der Waals surface area contributed by atoms with E-state index in [2.05, 4.69) is 11.4 Å². The lowest BCUT2D eigenvalue weighted by Gasteiger charge is -2.01. The zero-order valence-corrected chi connectivity index (χ0v) is 11.1. The highest BCUT2D eigenvalue weighted by Gasteiger charge is 2.14. The normalized spacial score (nSPS) is 15.3. The van der Waals surface area contributed by atoms with Crippen LogP contribution in [-0.4, -0.2) is 27.0 Å². The minimum Gasteiger partial charge on any atom is -0.311 e. The Bertz CT molecular complexity index is 441. The maximum absolute atomic E-state index is 10.9. The van der Waals surface area contributed by atoms with Crippen LogP contribution >= 0.6 is 11.3 Å².